The molecule has 0 aliphatic carbocycles. The van der Waals surface area contributed by atoms with Gasteiger partial charge in [0.1, 0.15) is 11.6 Å². The van der Waals surface area contributed by atoms with Crippen molar-refractivity contribution < 1.29 is 14.3 Å². The average Bonchev–Trinajstić information content (AvgIpc) is 2.40. The molecule has 0 aliphatic rings. The summed E-state index contributed by atoms with van der Waals surface area (Å²) in [5.74, 6) is 0.0936. The maximum Gasteiger partial charge on any atom is 0.259 e. The lowest BCUT2D eigenvalue weighted by Gasteiger charge is -2.13. The van der Waals surface area contributed by atoms with Crippen LogP contribution in [0.1, 0.15) is 19.4 Å². The van der Waals surface area contributed by atoms with Crippen LogP contribution >= 0.6 is 11.6 Å². The molecule has 0 aliphatic heterocycles. The number of rotatable bonds is 6. The highest BCUT2D eigenvalue weighted by molar-refractivity contribution is 6.32. The lowest BCUT2D eigenvalue weighted by Crippen LogP contribution is -2.12. The van der Waals surface area contributed by atoms with Crippen LogP contribution in [0.4, 0.5) is 0 Å². The first-order valence-corrected chi connectivity index (χ1v) is 6.42. The molecule has 0 saturated carbocycles. The Labute approximate surface area is 122 Å². The van der Waals surface area contributed by atoms with Crippen LogP contribution < -0.4 is 15.2 Å². The van der Waals surface area contributed by atoms with Crippen LogP contribution in [-0.2, 0) is 4.79 Å². The van der Waals surface area contributed by atoms with Crippen LogP contribution in [0.3, 0.4) is 0 Å². The Hall–Kier alpha value is -2.19. The van der Waals surface area contributed by atoms with Crippen LogP contribution in [0, 0.1) is 11.3 Å². The van der Waals surface area contributed by atoms with Gasteiger partial charge in [-0.2, -0.15) is 5.26 Å². The van der Waals surface area contributed by atoms with Gasteiger partial charge < -0.3 is 15.2 Å². The summed E-state index contributed by atoms with van der Waals surface area (Å²) in [6, 6.07) is 4.95. The van der Waals surface area contributed by atoms with Crippen molar-refractivity contribution in [1.82, 2.24) is 0 Å². The normalized spacial score (nSPS) is 10.8. The molecule has 1 aromatic carbocycles. The monoisotopic (exact) mass is 294 g/mol. The number of carbonyl (C=O) groups excluding carboxylic acids is 1. The molecule has 0 bridgehead atoms. The predicted molar refractivity (Wildman–Crippen MR) is 76.6 cm³/mol. The molecule has 5 nitrogen and oxygen atoms in total. The lowest BCUT2D eigenvalue weighted by molar-refractivity contribution is -0.114. The van der Waals surface area contributed by atoms with Crippen molar-refractivity contribution in [2.75, 3.05) is 13.2 Å². The summed E-state index contributed by atoms with van der Waals surface area (Å²) in [5.41, 5.74) is 5.47. The standard InChI is InChI=1S/C14H15ClN2O3/c1-3-19-12-7-9(5-10(8-16)14(17)18)6-11(15)13(12)20-4-2/h5-7H,3-4H2,1-2H3,(H2,17,18)/b10-5+. The summed E-state index contributed by atoms with van der Waals surface area (Å²) < 4.78 is 10.9. The number of halogens is 1. The molecule has 6 heteroatoms. The molecule has 20 heavy (non-hydrogen) atoms. The van der Waals surface area contributed by atoms with E-state index in [1.807, 2.05) is 13.8 Å². The van der Waals surface area contributed by atoms with E-state index in [4.69, 9.17) is 32.1 Å². The highest BCUT2D eigenvalue weighted by Crippen LogP contribution is 2.37. The first-order valence-electron chi connectivity index (χ1n) is 6.04. The van der Waals surface area contributed by atoms with Gasteiger partial charge in [-0.3, -0.25) is 4.79 Å². The van der Waals surface area contributed by atoms with Gasteiger partial charge in [-0.05, 0) is 37.6 Å². The molecular weight excluding hydrogens is 280 g/mol. The Bertz CT molecular complexity index is 577. The molecule has 1 aromatic rings. The Kier molecular flexibility index (Phi) is 5.88. The number of nitriles is 1. The van der Waals surface area contributed by atoms with E-state index in [1.54, 1.807) is 18.2 Å². The molecule has 1 rings (SSSR count). The van der Waals surface area contributed by atoms with E-state index in [-0.39, 0.29) is 5.57 Å². The van der Waals surface area contributed by atoms with Crippen LogP contribution in [0.2, 0.25) is 5.02 Å². The zero-order valence-electron chi connectivity index (χ0n) is 11.3. The van der Waals surface area contributed by atoms with Gasteiger partial charge >= 0.3 is 0 Å². The molecule has 0 radical (unpaired) electrons. The van der Waals surface area contributed by atoms with Crippen molar-refractivity contribution in [2.24, 2.45) is 5.73 Å². The minimum absolute atomic E-state index is 0.160. The largest absolute Gasteiger partial charge is 0.490 e. The molecule has 0 atom stereocenters. The number of nitrogens with two attached hydrogens (primary N) is 1. The Morgan fingerprint density at radius 2 is 2.05 bits per heavy atom. The second kappa shape index (κ2) is 7.41. The number of amides is 1. The number of primary amides is 1. The minimum atomic E-state index is -0.796. The summed E-state index contributed by atoms with van der Waals surface area (Å²) in [5, 5.41) is 9.17. The molecule has 1 amide bonds. The van der Waals surface area contributed by atoms with Crippen molar-refractivity contribution in [2.45, 2.75) is 13.8 Å². The van der Waals surface area contributed by atoms with Crippen molar-refractivity contribution in [3.63, 3.8) is 0 Å². The van der Waals surface area contributed by atoms with Crippen molar-refractivity contribution >= 4 is 23.6 Å². The van der Waals surface area contributed by atoms with Gasteiger partial charge in [0.2, 0.25) is 0 Å². The SMILES string of the molecule is CCOc1cc(/C=C(\C#N)C(N)=O)cc(Cl)c1OCC. The number of carbonyl (C=O) groups is 1. The van der Waals surface area contributed by atoms with Gasteiger partial charge in [-0.15, -0.1) is 0 Å². The molecule has 106 valence electrons. The van der Waals surface area contributed by atoms with Crippen LogP contribution in [0.25, 0.3) is 6.08 Å². The Morgan fingerprint density at radius 1 is 1.40 bits per heavy atom. The fraction of sp³-hybridized carbons (Fsp3) is 0.286. The van der Waals surface area contributed by atoms with Crippen molar-refractivity contribution in [1.29, 1.82) is 5.26 Å². The molecular formula is C14H15ClN2O3. The highest BCUT2D eigenvalue weighted by Gasteiger charge is 2.12. The summed E-state index contributed by atoms with van der Waals surface area (Å²) >= 11 is 6.12. The molecule has 0 spiro atoms. The zero-order chi connectivity index (χ0) is 15.1. The van der Waals surface area contributed by atoms with Crippen molar-refractivity contribution in [3.05, 3.63) is 28.3 Å². The predicted octanol–water partition coefficient (Wildman–Crippen LogP) is 2.53. The molecule has 0 aromatic heterocycles. The zero-order valence-corrected chi connectivity index (χ0v) is 12.0. The third-order valence-corrected chi connectivity index (χ3v) is 2.60. The van der Waals surface area contributed by atoms with Crippen molar-refractivity contribution in [3.8, 4) is 17.6 Å². The van der Waals surface area contributed by atoms with E-state index < -0.39 is 5.91 Å². The van der Waals surface area contributed by atoms with Crippen LogP contribution in [-0.4, -0.2) is 19.1 Å². The fourth-order valence-electron chi connectivity index (χ4n) is 1.54. The third-order valence-electron chi connectivity index (χ3n) is 2.32. The fourth-order valence-corrected chi connectivity index (χ4v) is 1.82. The minimum Gasteiger partial charge on any atom is -0.490 e. The van der Waals surface area contributed by atoms with E-state index in [0.29, 0.717) is 35.3 Å². The van der Waals surface area contributed by atoms with Crippen LogP contribution in [0.5, 0.6) is 11.5 Å². The lowest BCUT2D eigenvalue weighted by atomic mass is 10.1. The highest BCUT2D eigenvalue weighted by atomic mass is 35.5. The molecule has 0 fully saturated rings. The van der Waals surface area contributed by atoms with Gasteiger partial charge in [0.05, 0.1) is 18.2 Å². The number of hydrogen-bond acceptors (Lipinski definition) is 4. The van der Waals surface area contributed by atoms with Gasteiger partial charge in [-0.1, -0.05) is 11.6 Å². The van der Waals surface area contributed by atoms with E-state index in [0.717, 1.165) is 0 Å². The molecule has 0 saturated heterocycles. The molecule has 0 unspecified atom stereocenters. The average molecular weight is 295 g/mol. The van der Waals surface area contributed by atoms with E-state index in [2.05, 4.69) is 0 Å². The first kappa shape index (κ1) is 15.9. The summed E-state index contributed by atoms with van der Waals surface area (Å²) in [4.78, 5) is 11.0. The topological polar surface area (TPSA) is 85.3 Å². The van der Waals surface area contributed by atoms with Crippen LogP contribution in [0.15, 0.2) is 17.7 Å². The summed E-state index contributed by atoms with van der Waals surface area (Å²) in [7, 11) is 0. The first-order chi connectivity index (χ1) is 9.53. The number of hydrogen-bond donors (Lipinski definition) is 1. The Balaban J connectivity index is 3.31. The maximum atomic E-state index is 11.0. The van der Waals surface area contributed by atoms with Gasteiger partial charge in [0.25, 0.3) is 5.91 Å². The summed E-state index contributed by atoms with van der Waals surface area (Å²) in [6.45, 7) is 4.54. The van der Waals surface area contributed by atoms with E-state index >= 15 is 0 Å². The molecule has 2 N–H and O–H groups in total. The quantitative estimate of drug-likeness (QED) is 0.645. The number of ether oxygens (including phenoxy) is 2. The second-order valence-electron chi connectivity index (χ2n) is 3.73. The van der Waals surface area contributed by atoms with E-state index in [1.165, 1.54) is 6.08 Å². The third kappa shape index (κ3) is 3.90. The Morgan fingerprint density at radius 3 is 2.55 bits per heavy atom. The van der Waals surface area contributed by atoms with Gasteiger partial charge in [0.15, 0.2) is 11.5 Å². The summed E-state index contributed by atoms with van der Waals surface area (Å²) in [6.07, 6.45) is 1.35. The number of benzene rings is 1. The van der Waals surface area contributed by atoms with E-state index in [9.17, 15) is 4.79 Å². The second-order valence-corrected chi connectivity index (χ2v) is 4.14. The number of nitrogens with zero attached hydrogens (tertiary/aromatic N) is 1. The van der Waals surface area contributed by atoms with Gasteiger partial charge in [0, 0.05) is 0 Å². The molecule has 0 heterocycles. The smallest absolute Gasteiger partial charge is 0.259 e. The maximum absolute atomic E-state index is 11.0. The van der Waals surface area contributed by atoms with Gasteiger partial charge in [-0.25, -0.2) is 0 Å².